The normalized spacial score (nSPS) is 12.4. The SMILES string of the molecule is CCNC(=NCCC(=O)NC(C)CC)NCCc1cc(C)ccc1OC. The first-order valence-electron chi connectivity index (χ1n) is 9.45. The maximum Gasteiger partial charge on any atom is 0.222 e. The van der Waals surface area contributed by atoms with E-state index in [9.17, 15) is 4.79 Å². The van der Waals surface area contributed by atoms with Gasteiger partial charge in [-0.25, -0.2) is 0 Å². The number of benzene rings is 1. The molecule has 1 aromatic rings. The van der Waals surface area contributed by atoms with E-state index in [-0.39, 0.29) is 11.9 Å². The topological polar surface area (TPSA) is 74.8 Å². The monoisotopic (exact) mass is 362 g/mol. The molecule has 0 saturated carbocycles. The van der Waals surface area contributed by atoms with Crippen LogP contribution in [0.15, 0.2) is 23.2 Å². The van der Waals surface area contributed by atoms with Crippen molar-refractivity contribution in [2.24, 2.45) is 4.99 Å². The Balaban J connectivity index is 2.50. The Kier molecular flexibility index (Phi) is 10.2. The summed E-state index contributed by atoms with van der Waals surface area (Å²) in [6, 6.07) is 6.40. The highest BCUT2D eigenvalue weighted by Gasteiger charge is 2.06. The number of hydrogen-bond donors (Lipinski definition) is 3. The van der Waals surface area contributed by atoms with Crippen molar-refractivity contribution >= 4 is 11.9 Å². The standard InChI is InChI=1S/C20H34N4O2/c1-6-16(4)24-19(25)11-13-23-20(21-7-2)22-12-10-17-14-15(3)8-9-18(17)26-5/h8-9,14,16H,6-7,10-13H2,1-5H3,(H,24,25)(H2,21,22,23). The predicted molar refractivity (Wildman–Crippen MR) is 108 cm³/mol. The van der Waals surface area contributed by atoms with Crippen molar-refractivity contribution in [3.8, 4) is 5.75 Å². The van der Waals surface area contributed by atoms with Gasteiger partial charge in [0.2, 0.25) is 5.91 Å². The van der Waals surface area contributed by atoms with Crippen molar-refractivity contribution in [3.05, 3.63) is 29.3 Å². The molecular weight excluding hydrogens is 328 g/mol. The molecule has 1 aromatic carbocycles. The highest BCUT2D eigenvalue weighted by molar-refractivity contribution is 5.80. The van der Waals surface area contributed by atoms with Crippen molar-refractivity contribution in [1.82, 2.24) is 16.0 Å². The molecule has 1 rings (SSSR count). The van der Waals surface area contributed by atoms with E-state index in [0.717, 1.165) is 37.6 Å². The van der Waals surface area contributed by atoms with Crippen molar-refractivity contribution in [3.63, 3.8) is 0 Å². The van der Waals surface area contributed by atoms with E-state index in [1.54, 1.807) is 7.11 Å². The van der Waals surface area contributed by atoms with E-state index in [1.165, 1.54) is 11.1 Å². The van der Waals surface area contributed by atoms with Crippen LogP contribution in [0.5, 0.6) is 5.75 Å². The van der Waals surface area contributed by atoms with Gasteiger partial charge in [-0.15, -0.1) is 0 Å². The summed E-state index contributed by atoms with van der Waals surface area (Å²) in [5.41, 5.74) is 2.39. The Morgan fingerprint density at radius 2 is 2.04 bits per heavy atom. The number of ether oxygens (including phenoxy) is 1. The lowest BCUT2D eigenvalue weighted by molar-refractivity contribution is -0.121. The molecule has 146 valence electrons. The molecule has 0 aliphatic rings. The minimum atomic E-state index is 0.0449. The summed E-state index contributed by atoms with van der Waals surface area (Å²) >= 11 is 0. The fraction of sp³-hybridized carbons (Fsp3) is 0.600. The molecule has 0 aromatic heterocycles. The first-order chi connectivity index (χ1) is 12.5. The third kappa shape index (κ3) is 8.23. The average Bonchev–Trinajstić information content (AvgIpc) is 2.61. The highest BCUT2D eigenvalue weighted by Crippen LogP contribution is 2.19. The van der Waals surface area contributed by atoms with E-state index < -0.39 is 0 Å². The predicted octanol–water partition coefficient (Wildman–Crippen LogP) is 2.41. The molecule has 26 heavy (non-hydrogen) atoms. The van der Waals surface area contributed by atoms with Crippen LogP contribution in [-0.2, 0) is 11.2 Å². The van der Waals surface area contributed by atoms with Gasteiger partial charge in [-0.05, 0) is 45.2 Å². The van der Waals surface area contributed by atoms with Gasteiger partial charge in [-0.2, -0.15) is 0 Å². The maximum atomic E-state index is 11.8. The van der Waals surface area contributed by atoms with Crippen LogP contribution in [0.25, 0.3) is 0 Å². The van der Waals surface area contributed by atoms with Crippen LogP contribution in [-0.4, -0.2) is 44.7 Å². The second-order valence-corrected chi connectivity index (χ2v) is 6.38. The number of rotatable bonds is 10. The number of methoxy groups -OCH3 is 1. The van der Waals surface area contributed by atoms with Crippen molar-refractivity contribution in [1.29, 1.82) is 0 Å². The minimum Gasteiger partial charge on any atom is -0.496 e. The van der Waals surface area contributed by atoms with E-state index in [0.29, 0.717) is 13.0 Å². The number of aliphatic imine (C=N–C) groups is 1. The van der Waals surface area contributed by atoms with Crippen molar-refractivity contribution < 1.29 is 9.53 Å². The molecule has 0 spiro atoms. The first kappa shape index (κ1) is 21.8. The van der Waals surface area contributed by atoms with E-state index >= 15 is 0 Å². The number of guanidine groups is 1. The summed E-state index contributed by atoms with van der Waals surface area (Å²) in [5.74, 6) is 1.68. The number of nitrogens with zero attached hydrogens (tertiary/aromatic N) is 1. The van der Waals surface area contributed by atoms with Crippen LogP contribution in [0.4, 0.5) is 0 Å². The molecule has 1 unspecified atom stereocenters. The third-order valence-electron chi connectivity index (χ3n) is 4.10. The molecule has 0 heterocycles. The highest BCUT2D eigenvalue weighted by atomic mass is 16.5. The van der Waals surface area contributed by atoms with E-state index in [2.05, 4.69) is 40.9 Å². The molecule has 0 radical (unpaired) electrons. The minimum absolute atomic E-state index is 0.0449. The van der Waals surface area contributed by atoms with Crippen LogP contribution < -0.4 is 20.7 Å². The number of amides is 1. The number of carbonyl (C=O) groups is 1. The molecule has 0 aliphatic heterocycles. The lowest BCUT2D eigenvalue weighted by Gasteiger charge is -2.14. The van der Waals surface area contributed by atoms with Gasteiger partial charge < -0.3 is 20.7 Å². The molecule has 1 amide bonds. The van der Waals surface area contributed by atoms with Gasteiger partial charge in [0.25, 0.3) is 0 Å². The molecule has 3 N–H and O–H groups in total. The summed E-state index contributed by atoms with van der Waals surface area (Å²) in [6.07, 6.45) is 2.16. The third-order valence-corrected chi connectivity index (χ3v) is 4.10. The molecular formula is C20H34N4O2. The maximum absolute atomic E-state index is 11.8. The molecule has 6 heteroatoms. The summed E-state index contributed by atoms with van der Waals surface area (Å²) in [7, 11) is 1.69. The van der Waals surface area contributed by atoms with Crippen LogP contribution in [0, 0.1) is 6.92 Å². The second-order valence-electron chi connectivity index (χ2n) is 6.38. The molecule has 0 aliphatic carbocycles. The van der Waals surface area contributed by atoms with Gasteiger partial charge in [0.15, 0.2) is 5.96 Å². The van der Waals surface area contributed by atoms with Crippen molar-refractivity contribution in [2.75, 3.05) is 26.7 Å². The van der Waals surface area contributed by atoms with Crippen molar-refractivity contribution in [2.45, 2.75) is 53.0 Å². The Bertz CT molecular complexity index is 587. The summed E-state index contributed by atoms with van der Waals surface area (Å²) < 4.78 is 5.42. The van der Waals surface area contributed by atoms with Gasteiger partial charge in [0, 0.05) is 25.6 Å². The zero-order valence-corrected chi connectivity index (χ0v) is 16.8. The van der Waals surface area contributed by atoms with Gasteiger partial charge in [0.1, 0.15) is 5.75 Å². The van der Waals surface area contributed by atoms with Crippen LogP contribution in [0.3, 0.4) is 0 Å². The zero-order valence-electron chi connectivity index (χ0n) is 16.8. The molecule has 6 nitrogen and oxygen atoms in total. The van der Waals surface area contributed by atoms with Crippen LogP contribution in [0.2, 0.25) is 0 Å². The van der Waals surface area contributed by atoms with E-state index in [4.69, 9.17) is 4.74 Å². The fourth-order valence-corrected chi connectivity index (χ4v) is 2.48. The van der Waals surface area contributed by atoms with Gasteiger partial charge in [-0.3, -0.25) is 9.79 Å². The Morgan fingerprint density at radius 1 is 1.27 bits per heavy atom. The van der Waals surface area contributed by atoms with E-state index in [1.807, 2.05) is 26.0 Å². The summed E-state index contributed by atoms with van der Waals surface area (Å²) in [4.78, 5) is 16.3. The van der Waals surface area contributed by atoms with Crippen LogP contribution in [0.1, 0.15) is 44.7 Å². The largest absolute Gasteiger partial charge is 0.496 e. The van der Waals surface area contributed by atoms with Gasteiger partial charge in [-0.1, -0.05) is 24.6 Å². The summed E-state index contributed by atoms with van der Waals surface area (Å²) in [6.45, 7) is 10.1. The smallest absolute Gasteiger partial charge is 0.222 e. The fourth-order valence-electron chi connectivity index (χ4n) is 2.48. The Morgan fingerprint density at radius 3 is 2.69 bits per heavy atom. The molecule has 0 fully saturated rings. The van der Waals surface area contributed by atoms with Gasteiger partial charge in [0.05, 0.1) is 13.7 Å². The first-order valence-corrected chi connectivity index (χ1v) is 9.45. The number of nitrogens with one attached hydrogen (secondary N) is 3. The molecule has 0 saturated heterocycles. The number of carbonyl (C=O) groups excluding carboxylic acids is 1. The lowest BCUT2D eigenvalue weighted by Crippen LogP contribution is -2.38. The lowest BCUT2D eigenvalue weighted by atomic mass is 10.1. The Labute approximate surface area is 157 Å². The second kappa shape index (κ2) is 12.2. The quantitative estimate of drug-likeness (QED) is 0.441. The summed E-state index contributed by atoms with van der Waals surface area (Å²) in [5, 5.41) is 9.48. The number of hydrogen-bond acceptors (Lipinski definition) is 3. The van der Waals surface area contributed by atoms with Gasteiger partial charge >= 0.3 is 0 Å². The number of aryl methyl sites for hydroxylation is 1. The molecule has 1 atom stereocenters. The average molecular weight is 363 g/mol. The zero-order chi connectivity index (χ0) is 19.4. The van der Waals surface area contributed by atoms with Crippen LogP contribution >= 0.6 is 0 Å². The molecule has 0 bridgehead atoms. The Hall–Kier alpha value is -2.24.